The first-order valence-electron chi connectivity index (χ1n) is 7.58. The molecule has 0 aliphatic carbocycles. The summed E-state index contributed by atoms with van der Waals surface area (Å²) in [6.45, 7) is 3.09. The largest absolute Gasteiger partial charge is 2.00 e. The zero-order valence-corrected chi connectivity index (χ0v) is 16.5. The van der Waals surface area contributed by atoms with Gasteiger partial charge in [-0.2, -0.15) is 0 Å². The SMILES string of the molecule is O=C(O)c1ccccn1.[CH2-]CC(=O)O.[Pt+2].[c-]1ccccc1-c1ccccn1. The van der Waals surface area contributed by atoms with Crippen LogP contribution in [-0.4, -0.2) is 32.1 Å². The van der Waals surface area contributed by atoms with Crippen molar-refractivity contribution in [2.24, 2.45) is 0 Å². The van der Waals surface area contributed by atoms with Crippen molar-refractivity contribution in [3.63, 3.8) is 0 Å². The van der Waals surface area contributed by atoms with Gasteiger partial charge in [0.2, 0.25) is 0 Å². The van der Waals surface area contributed by atoms with Gasteiger partial charge in [0.1, 0.15) is 5.69 Å². The maximum Gasteiger partial charge on any atom is 2.00 e. The van der Waals surface area contributed by atoms with Crippen LogP contribution < -0.4 is 0 Å². The Balaban J connectivity index is 0.000000403. The third-order valence-electron chi connectivity index (χ3n) is 2.75. The molecule has 2 N–H and O–H groups in total. The molecule has 27 heavy (non-hydrogen) atoms. The molecule has 142 valence electrons. The Morgan fingerprint density at radius 3 is 1.89 bits per heavy atom. The zero-order chi connectivity index (χ0) is 19.2. The molecule has 0 amide bonds. The molecule has 7 heteroatoms. The molecule has 2 aromatic heterocycles. The van der Waals surface area contributed by atoms with E-state index in [9.17, 15) is 9.59 Å². The number of carbonyl (C=O) groups is 2. The Labute approximate surface area is 172 Å². The van der Waals surface area contributed by atoms with Gasteiger partial charge in [-0.25, -0.2) is 9.78 Å². The summed E-state index contributed by atoms with van der Waals surface area (Å²) in [4.78, 5) is 27.2. The number of pyridine rings is 2. The van der Waals surface area contributed by atoms with Crippen LogP contribution in [0.4, 0.5) is 0 Å². The number of nitrogens with zero attached hydrogens (tertiary/aromatic N) is 2. The van der Waals surface area contributed by atoms with Gasteiger partial charge in [-0.1, -0.05) is 24.6 Å². The average molecular weight is 545 g/mol. The van der Waals surface area contributed by atoms with Crippen molar-refractivity contribution in [1.82, 2.24) is 9.97 Å². The summed E-state index contributed by atoms with van der Waals surface area (Å²) >= 11 is 0. The fraction of sp³-hybridized carbons (Fsp3) is 0.0500. The van der Waals surface area contributed by atoms with E-state index in [0.717, 1.165) is 11.3 Å². The second-order valence-corrected chi connectivity index (χ2v) is 4.66. The van der Waals surface area contributed by atoms with Crippen molar-refractivity contribution in [3.8, 4) is 11.3 Å². The molecule has 0 fully saturated rings. The van der Waals surface area contributed by atoms with Gasteiger partial charge in [-0.3, -0.25) is 4.79 Å². The molecule has 6 nitrogen and oxygen atoms in total. The van der Waals surface area contributed by atoms with Crippen molar-refractivity contribution >= 4 is 11.9 Å². The number of carboxylic acids is 2. The summed E-state index contributed by atoms with van der Waals surface area (Å²) in [7, 11) is 0. The minimum absolute atomic E-state index is 0. The van der Waals surface area contributed by atoms with E-state index in [1.807, 2.05) is 42.5 Å². The monoisotopic (exact) mass is 545 g/mol. The van der Waals surface area contributed by atoms with Gasteiger partial charge in [-0.15, -0.1) is 35.9 Å². The number of carboxylic acid groups (broad SMARTS) is 2. The number of hydrogen-bond acceptors (Lipinski definition) is 4. The Morgan fingerprint density at radius 1 is 0.926 bits per heavy atom. The van der Waals surface area contributed by atoms with Crippen molar-refractivity contribution < 1.29 is 40.9 Å². The van der Waals surface area contributed by atoms with Crippen LogP contribution in [0.5, 0.6) is 0 Å². The average Bonchev–Trinajstić information content (AvgIpc) is 2.71. The van der Waals surface area contributed by atoms with E-state index >= 15 is 0 Å². The van der Waals surface area contributed by atoms with Crippen molar-refractivity contribution in [2.45, 2.75) is 6.42 Å². The molecule has 0 unspecified atom stereocenters. The number of benzene rings is 1. The molecule has 0 spiro atoms. The summed E-state index contributed by atoms with van der Waals surface area (Å²) < 4.78 is 0. The molecule has 0 aliphatic rings. The summed E-state index contributed by atoms with van der Waals surface area (Å²) in [6.07, 6.45) is 3.21. The van der Waals surface area contributed by atoms with Gasteiger partial charge < -0.3 is 22.1 Å². The quantitative estimate of drug-likeness (QED) is 0.488. The number of aliphatic carboxylic acids is 1. The second-order valence-electron chi connectivity index (χ2n) is 4.66. The zero-order valence-electron chi connectivity index (χ0n) is 14.3. The summed E-state index contributed by atoms with van der Waals surface area (Å²) in [5, 5.41) is 16.0. The van der Waals surface area contributed by atoms with Crippen molar-refractivity contribution in [1.29, 1.82) is 0 Å². The third kappa shape index (κ3) is 10.7. The number of hydrogen-bond donors (Lipinski definition) is 2. The van der Waals surface area contributed by atoms with Crippen LogP contribution in [0.15, 0.2) is 73.1 Å². The standard InChI is InChI=1S/C11H8N.C6H5NO2.C3H5O2.Pt/c1-2-6-10(7-3-1)11-8-4-5-9-12-11;8-6(9)5-3-1-2-4-7-5;1-2-3(4)5;/h1-6,8-9H;1-4H,(H,8,9);1-2H2,(H,4,5);/q-1;;-1;+2. The van der Waals surface area contributed by atoms with Crippen LogP contribution in [0, 0.1) is 13.0 Å². The summed E-state index contributed by atoms with van der Waals surface area (Å²) in [5.74, 6) is -1.85. The molecule has 0 bridgehead atoms. The van der Waals surface area contributed by atoms with E-state index < -0.39 is 11.9 Å². The summed E-state index contributed by atoms with van der Waals surface area (Å²) in [6, 6.07) is 21.6. The normalized spacial score (nSPS) is 8.63. The first-order chi connectivity index (χ1) is 12.5. The summed E-state index contributed by atoms with van der Waals surface area (Å²) in [5.41, 5.74) is 2.09. The minimum atomic E-state index is -0.990. The minimum Gasteiger partial charge on any atom is -0.483 e. The third-order valence-corrected chi connectivity index (χ3v) is 2.75. The van der Waals surface area contributed by atoms with Gasteiger partial charge in [0, 0.05) is 12.4 Å². The van der Waals surface area contributed by atoms with Gasteiger partial charge in [-0.05, 0) is 23.9 Å². The van der Waals surface area contributed by atoms with Crippen LogP contribution >= 0.6 is 0 Å². The smallest absolute Gasteiger partial charge is 0.483 e. The van der Waals surface area contributed by atoms with E-state index in [4.69, 9.17) is 10.2 Å². The molecular formula is C20H18N2O4Pt. The van der Waals surface area contributed by atoms with E-state index in [1.165, 1.54) is 12.3 Å². The Morgan fingerprint density at radius 2 is 1.52 bits per heavy atom. The Kier molecular flexibility index (Phi) is 12.8. The molecule has 0 atom stereocenters. The van der Waals surface area contributed by atoms with E-state index in [1.54, 1.807) is 18.3 Å². The van der Waals surface area contributed by atoms with Crippen LogP contribution in [-0.2, 0) is 25.9 Å². The Hall–Kier alpha value is -2.85. The van der Waals surface area contributed by atoms with Crippen LogP contribution in [0.25, 0.3) is 11.3 Å². The fourth-order valence-corrected chi connectivity index (χ4v) is 1.56. The number of aromatic nitrogens is 2. The van der Waals surface area contributed by atoms with E-state index in [0.29, 0.717) is 0 Å². The maximum atomic E-state index is 10.1. The molecule has 0 saturated carbocycles. The molecule has 0 aliphatic heterocycles. The Bertz CT molecular complexity index is 747. The van der Waals surface area contributed by atoms with Crippen molar-refractivity contribution in [3.05, 3.63) is 91.7 Å². The first kappa shape index (κ1) is 24.1. The van der Waals surface area contributed by atoms with E-state index in [-0.39, 0.29) is 33.2 Å². The van der Waals surface area contributed by atoms with Crippen LogP contribution in [0.2, 0.25) is 0 Å². The van der Waals surface area contributed by atoms with Crippen LogP contribution in [0.1, 0.15) is 16.9 Å². The van der Waals surface area contributed by atoms with Crippen LogP contribution in [0.3, 0.4) is 0 Å². The van der Waals surface area contributed by atoms with Gasteiger partial charge in [0.25, 0.3) is 5.97 Å². The number of aromatic carboxylic acids is 1. The molecule has 2 heterocycles. The van der Waals surface area contributed by atoms with Gasteiger partial charge >= 0.3 is 27.0 Å². The predicted octanol–water partition coefficient (Wildman–Crippen LogP) is 3.62. The molecule has 1 aromatic carbocycles. The predicted molar refractivity (Wildman–Crippen MR) is 97.3 cm³/mol. The number of rotatable bonds is 3. The molecule has 3 rings (SSSR count). The fourth-order valence-electron chi connectivity index (χ4n) is 1.56. The maximum absolute atomic E-state index is 10.1. The van der Waals surface area contributed by atoms with Gasteiger partial charge in [0.15, 0.2) is 0 Å². The first-order valence-corrected chi connectivity index (χ1v) is 7.58. The molecule has 0 radical (unpaired) electrons. The van der Waals surface area contributed by atoms with Gasteiger partial charge in [0.05, 0.1) is 0 Å². The van der Waals surface area contributed by atoms with Crippen molar-refractivity contribution in [2.75, 3.05) is 0 Å². The second kappa shape index (κ2) is 14.3. The van der Waals surface area contributed by atoms with E-state index in [2.05, 4.69) is 23.0 Å². The molecule has 0 saturated heterocycles. The molecular weight excluding hydrogens is 527 g/mol. The molecule has 3 aromatic rings. The topological polar surface area (TPSA) is 100 Å².